The minimum absolute atomic E-state index is 0.112. The molecule has 2 N–H and O–H groups in total. The number of aromatic nitrogens is 2. The Morgan fingerprint density at radius 2 is 2.40 bits per heavy atom. The number of H-pyrrole nitrogens is 1. The Kier molecular flexibility index (Phi) is 4.97. The Bertz CT molecular complexity index is 446. The lowest BCUT2D eigenvalue weighted by atomic mass is 10.0. The maximum atomic E-state index is 12.2. The first-order chi connectivity index (χ1) is 9.72. The van der Waals surface area contributed by atoms with Crippen molar-refractivity contribution in [3.05, 3.63) is 18.0 Å². The summed E-state index contributed by atoms with van der Waals surface area (Å²) in [6, 6.07) is -0.416. The molecule has 1 fully saturated rings. The summed E-state index contributed by atoms with van der Waals surface area (Å²) in [5, 5.41) is 9.45. The second kappa shape index (κ2) is 6.93. The molecule has 2 amide bonds. The normalized spacial score (nSPS) is 18.6. The fourth-order valence-corrected chi connectivity index (χ4v) is 2.40. The van der Waals surface area contributed by atoms with E-state index in [1.807, 2.05) is 0 Å². The summed E-state index contributed by atoms with van der Waals surface area (Å²) in [4.78, 5) is 25.3. The van der Waals surface area contributed by atoms with Crippen LogP contribution in [0.5, 0.6) is 0 Å². The van der Waals surface area contributed by atoms with Crippen LogP contribution in [0.4, 0.5) is 4.79 Å². The minimum atomic E-state index is -0.431. The van der Waals surface area contributed by atoms with Crippen LogP contribution in [0.25, 0.3) is 0 Å². The first-order valence-electron chi connectivity index (χ1n) is 6.82. The molecular weight excluding hydrogens is 260 g/mol. The molecule has 1 aliphatic rings. The van der Waals surface area contributed by atoms with Gasteiger partial charge in [0.2, 0.25) is 5.91 Å². The molecule has 1 aliphatic heterocycles. The third-order valence-electron chi connectivity index (χ3n) is 3.48. The number of rotatable bonds is 4. The number of amides is 2. The lowest BCUT2D eigenvalue weighted by molar-refractivity contribution is -0.126. The van der Waals surface area contributed by atoms with E-state index in [9.17, 15) is 9.59 Å². The minimum Gasteiger partial charge on any atom is -0.453 e. The molecule has 1 saturated heterocycles. The largest absolute Gasteiger partial charge is 0.453 e. The monoisotopic (exact) mass is 280 g/mol. The maximum Gasteiger partial charge on any atom is 0.410 e. The molecule has 20 heavy (non-hydrogen) atoms. The SMILES string of the molecule is COC(=O)N1CCCC[C@@H]1C(=O)NCCc1cn[nH]c1. The number of nitrogens with zero attached hydrogens (tertiary/aromatic N) is 2. The van der Waals surface area contributed by atoms with E-state index in [0.29, 0.717) is 25.9 Å². The van der Waals surface area contributed by atoms with Crippen LogP contribution < -0.4 is 5.32 Å². The van der Waals surface area contributed by atoms with E-state index < -0.39 is 12.1 Å². The van der Waals surface area contributed by atoms with Gasteiger partial charge in [-0.25, -0.2) is 4.79 Å². The number of hydrogen-bond donors (Lipinski definition) is 2. The van der Waals surface area contributed by atoms with Crippen molar-refractivity contribution >= 4 is 12.0 Å². The van der Waals surface area contributed by atoms with E-state index in [1.165, 1.54) is 12.0 Å². The number of piperidine rings is 1. The zero-order chi connectivity index (χ0) is 14.4. The van der Waals surface area contributed by atoms with Crippen molar-refractivity contribution in [1.82, 2.24) is 20.4 Å². The number of carbonyl (C=O) groups is 2. The molecule has 1 aromatic rings. The van der Waals surface area contributed by atoms with E-state index in [-0.39, 0.29) is 5.91 Å². The van der Waals surface area contributed by atoms with Crippen molar-refractivity contribution in [1.29, 1.82) is 0 Å². The number of nitrogens with one attached hydrogen (secondary N) is 2. The van der Waals surface area contributed by atoms with Crippen LogP contribution in [-0.4, -0.2) is 53.3 Å². The van der Waals surface area contributed by atoms with Crippen LogP contribution in [0.1, 0.15) is 24.8 Å². The van der Waals surface area contributed by atoms with Crippen LogP contribution in [-0.2, 0) is 16.0 Å². The molecule has 110 valence electrons. The van der Waals surface area contributed by atoms with Gasteiger partial charge in [0.05, 0.1) is 13.3 Å². The molecule has 2 heterocycles. The van der Waals surface area contributed by atoms with Crippen molar-refractivity contribution in [3.63, 3.8) is 0 Å². The summed E-state index contributed by atoms with van der Waals surface area (Å²) in [7, 11) is 1.34. The Morgan fingerprint density at radius 3 is 3.10 bits per heavy atom. The molecule has 0 aliphatic carbocycles. The fraction of sp³-hybridized carbons (Fsp3) is 0.615. The molecule has 0 saturated carbocycles. The van der Waals surface area contributed by atoms with Gasteiger partial charge in [-0.15, -0.1) is 0 Å². The standard InChI is InChI=1S/C13H20N4O3/c1-20-13(19)17-7-3-2-4-11(17)12(18)14-6-5-10-8-15-16-9-10/h8-9,11H,2-7H2,1H3,(H,14,18)(H,15,16)/t11-/m1/s1. The number of likely N-dealkylation sites (tertiary alicyclic amines) is 1. The van der Waals surface area contributed by atoms with Crippen molar-refractivity contribution in [2.45, 2.75) is 31.7 Å². The molecule has 0 unspecified atom stereocenters. The summed E-state index contributed by atoms with van der Waals surface area (Å²) in [6.45, 7) is 1.11. The molecule has 0 aromatic carbocycles. The van der Waals surface area contributed by atoms with Gasteiger partial charge in [-0.3, -0.25) is 14.8 Å². The van der Waals surface area contributed by atoms with Crippen molar-refractivity contribution in [2.75, 3.05) is 20.2 Å². The van der Waals surface area contributed by atoms with Crippen LogP contribution in [0.3, 0.4) is 0 Å². The van der Waals surface area contributed by atoms with Crippen LogP contribution in [0, 0.1) is 0 Å². The smallest absolute Gasteiger partial charge is 0.410 e. The first-order valence-corrected chi connectivity index (χ1v) is 6.82. The van der Waals surface area contributed by atoms with Gasteiger partial charge in [0, 0.05) is 19.3 Å². The van der Waals surface area contributed by atoms with Crippen LogP contribution in [0.15, 0.2) is 12.4 Å². The molecule has 0 bridgehead atoms. The van der Waals surface area contributed by atoms with E-state index in [4.69, 9.17) is 4.74 Å². The predicted molar refractivity (Wildman–Crippen MR) is 72.1 cm³/mol. The quantitative estimate of drug-likeness (QED) is 0.849. The van der Waals surface area contributed by atoms with Gasteiger partial charge in [0.1, 0.15) is 6.04 Å². The Balaban J connectivity index is 1.84. The Labute approximate surface area is 117 Å². The zero-order valence-corrected chi connectivity index (χ0v) is 11.6. The van der Waals surface area contributed by atoms with Gasteiger partial charge >= 0.3 is 6.09 Å². The molecule has 7 nitrogen and oxygen atoms in total. The highest BCUT2D eigenvalue weighted by Gasteiger charge is 2.32. The lowest BCUT2D eigenvalue weighted by Crippen LogP contribution is -2.52. The van der Waals surface area contributed by atoms with E-state index in [0.717, 1.165) is 18.4 Å². The summed E-state index contributed by atoms with van der Waals surface area (Å²) >= 11 is 0. The van der Waals surface area contributed by atoms with Gasteiger partial charge in [0.15, 0.2) is 0 Å². The third kappa shape index (κ3) is 3.49. The molecule has 2 rings (SSSR count). The number of ether oxygens (including phenoxy) is 1. The molecule has 1 atom stereocenters. The van der Waals surface area contributed by atoms with Gasteiger partial charge < -0.3 is 10.1 Å². The Hall–Kier alpha value is -2.05. The topological polar surface area (TPSA) is 87.3 Å². The predicted octanol–water partition coefficient (Wildman–Crippen LogP) is 0.689. The van der Waals surface area contributed by atoms with E-state index in [1.54, 1.807) is 12.4 Å². The van der Waals surface area contributed by atoms with Crippen molar-refractivity contribution in [3.8, 4) is 0 Å². The van der Waals surface area contributed by atoms with Crippen LogP contribution >= 0.6 is 0 Å². The molecule has 1 aromatic heterocycles. The average Bonchev–Trinajstić information content (AvgIpc) is 2.99. The lowest BCUT2D eigenvalue weighted by Gasteiger charge is -2.33. The van der Waals surface area contributed by atoms with Gasteiger partial charge in [-0.05, 0) is 31.2 Å². The second-order valence-electron chi connectivity index (χ2n) is 4.82. The number of hydrogen-bond acceptors (Lipinski definition) is 4. The highest BCUT2D eigenvalue weighted by molar-refractivity contribution is 5.85. The van der Waals surface area contributed by atoms with Crippen molar-refractivity contribution in [2.24, 2.45) is 0 Å². The molecule has 0 spiro atoms. The molecule has 0 radical (unpaired) electrons. The maximum absolute atomic E-state index is 12.2. The third-order valence-corrected chi connectivity index (χ3v) is 3.48. The van der Waals surface area contributed by atoms with Gasteiger partial charge in [-0.1, -0.05) is 0 Å². The number of aromatic amines is 1. The van der Waals surface area contributed by atoms with Gasteiger partial charge in [0.25, 0.3) is 0 Å². The molecular formula is C13H20N4O3. The van der Waals surface area contributed by atoms with Crippen molar-refractivity contribution < 1.29 is 14.3 Å². The van der Waals surface area contributed by atoms with E-state index >= 15 is 0 Å². The summed E-state index contributed by atoms with van der Waals surface area (Å²) in [5.74, 6) is -0.112. The number of carbonyl (C=O) groups excluding carboxylic acids is 2. The second-order valence-corrected chi connectivity index (χ2v) is 4.82. The number of methoxy groups -OCH3 is 1. The highest BCUT2D eigenvalue weighted by atomic mass is 16.5. The van der Waals surface area contributed by atoms with Crippen LogP contribution in [0.2, 0.25) is 0 Å². The van der Waals surface area contributed by atoms with Gasteiger partial charge in [-0.2, -0.15) is 5.10 Å². The molecule has 7 heteroatoms. The van der Waals surface area contributed by atoms with E-state index in [2.05, 4.69) is 15.5 Å². The summed E-state index contributed by atoms with van der Waals surface area (Å²) < 4.78 is 4.73. The zero-order valence-electron chi connectivity index (χ0n) is 11.6. The average molecular weight is 280 g/mol. The fourth-order valence-electron chi connectivity index (χ4n) is 2.40. The Morgan fingerprint density at radius 1 is 1.55 bits per heavy atom. The highest BCUT2D eigenvalue weighted by Crippen LogP contribution is 2.18. The summed E-state index contributed by atoms with van der Waals surface area (Å²) in [5.41, 5.74) is 1.04. The summed E-state index contributed by atoms with van der Waals surface area (Å²) in [6.07, 6.45) is 6.36. The first kappa shape index (κ1) is 14.4.